The zero-order chi connectivity index (χ0) is 12.1. The van der Waals surface area contributed by atoms with Crippen LogP contribution in [0.25, 0.3) is 0 Å². The molecule has 0 saturated carbocycles. The first-order chi connectivity index (χ1) is 7.77. The normalized spacial score (nSPS) is 11.2. The predicted molar refractivity (Wildman–Crippen MR) is 71.9 cm³/mol. The molecule has 0 aliphatic heterocycles. The van der Waals surface area contributed by atoms with Gasteiger partial charge in [-0.05, 0) is 44.7 Å². The molecule has 0 fully saturated rings. The van der Waals surface area contributed by atoms with E-state index in [9.17, 15) is 0 Å². The van der Waals surface area contributed by atoms with Gasteiger partial charge in [0.25, 0.3) is 0 Å². The van der Waals surface area contributed by atoms with Crippen molar-refractivity contribution in [2.24, 2.45) is 5.92 Å². The Kier molecular flexibility index (Phi) is 12.9. The fourth-order valence-electron chi connectivity index (χ4n) is 1.53. The van der Waals surface area contributed by atoms with Crippen LogP contribution in [0.3, 0.4) is 0 Å². The van der Waals surface area contributed by atoms with Crippen molar-refractivity contribution in [2.75, 3.05) is 26.3 Å². The van der Waals surface area contributed by atoms with Crippen molar-refractivity contribution in [3.05, 3.63) is 0 Å². The molecule has 0 radical (unpaired) electrons. The number of unbranched alkanes of at least 4 members (excludes halogenated alkanes) is 3. The summed E-state index contributed by atoms with van der Waals surface area (Å²) in [6.07, 6.45) is 7.63. The lowest BCUT2D eigenvalue weighted by molar-refractivity contribution is 0.119. The third-order valence-corrected chi connectivity index (χ3v) is 2.66. The fraction of sp³-hybridized carbons (Fsp3) is 1.00. The van der Waals surface area contributed by atoms with Crippen LogP contribution in [-0.4, -0.2) is 26.3 Å². The molecule has 0 rings (SSSR count). The van der Waals surface area contributed by atoms with Gasteiger partial charge < -0.3 is 10.1 Å². The van der Waals surface area contributed by atoms with Crippen LogP contribution in [-0.2, 0) is 4.74 Å². The van der Waals surface area contributed by atoms with Gasteiger partial charge >= 0.3 is 0 Å². The van der Waals surface area contributed by atoms with E-state index in [0.717, 1.165) is 25.7 Å². The third kappa shape index (κ3) is 13.9. The summed E-state index contributed by atoms with van der Waals surface area (Å²) < 4.78 is 5.57. The smallest absolute Gasteiger partial charge is 0.0468 e. The van der Waals surface area contributed by atoms with Gasteiger partial charge in [-0.15, -0.1) is 0 Å². The molecule has 0 amide bonds. The first-order valence-corrected chi connectivity index (χ1v) is 7.05. The highest BCUT2D eigenvalue weighted by Crippen LogP contribution is 2.02. The van der Waals surface area contributed by atoms with E-state index in [-0.39, 0.29) is 0 Å². The Morgan fingerprint density at radius 3 is 2.38 bits per heavy atom. The van der Waals surface area contributed by atoms with Gasteiger partial charge in [-0.25, -0.2) is 0 Å². The molecule has 0 bridgehead atoms. The van der Waals surface area contributed by atoms with E-state index in [2.05, 4.69) is 26.1 Å². The van der Waals surface area contributed by atoms with Crippen molar-refractivity contribution < 1.29 is 4.74 Å². The van der Waals surface area contributed by atoms with Crippen molar-refractivity contribution in [1.29, 1.82) is 0 Å². The molecule has 0 aromatic carbocycles. The van der Waals surface area contributed by atoms with Crippen LogP contribution in [0.1, 0.15) is 59.3 Å². The van der Waals surface area contributed by atoms with Gasteiger partial charge in [-0.3, -0.25) is 0 Å². The van der Waals surface area contributed by atoms with Crippen LogP contribution in [0.2, 0.25) is 0 Å². The van der Waals surface area contributed by atoms with E-state index in [0.29, 0.717) is 0 Å². The van der Waals surface area contributed by atoms with E-state index in [1.807, 2.05) is 0 Å². The number of nitrogens with one attached hydrogen (secondary N) is 1. The van der Waals surface area contributed by atoms with E-state index in [1.165, 1.54) is 45.1 Å². The van der Waals surface area contributed by atoms with Crippen LogP contribution < -0.4 is 5.32 Å². The zero-order valence-electron chi connectivity index (χ0n) is 11.6. The molecule has 1 N–H and O–H groups in total. The number of hydrogen-bond acceptors (Lipinski definition) is 2. The van der Waals surface area contributed by atoms with Crippen LogP contribution in [0.5, 0.6) is 0 Å². The second kappa shape index (κ2) is 13.0. The minimum absolute atomic E-state index is 0.768. The molecule has 0 spiro atoms. The second-order valence-corrected chi connectivity index (χ2v) is 4.96. The topological polar surface area (TPSA) is 21.3 Å². The first-order valence-electron chi connectivity index (χ1n) is 7.05. The van der Waals surface area contributed by atoms with Crippen LogP contribution in [0.4, 0.5) is 0 Å². The SMILES string of the molecule is CCCNCCCCCCOCCC(C)C. The molecule has 0 aliphatic carbocycles. The Balaban J connectivity index is 2.88. The van der Waals surface area contributed by atoms with Crippen molar-refractivity contribution in [2.45, 2.75) is 59.3 Å². The molecule has 0 aliphatic rings. The van der Waals surface area contributed by atoms with E-state index in [4.69, 9.17) is 4.74 Å². The van der Waals surface area contributed by atoms with E-state index < -0.39 is 0 Å². The lowest BCUT2D eigenvalue weighted by Crippen LogP contribution is -2.15. The Hall–Kier alpha value is -0.0800. The van der Waals surface area contributed by atoms with Crippen molar-refractivity contribution in [3.63, 3.8) is 0 Å². The van der Waals surface area contributed by atoms with E-state index in [1.54, 1.807) is 0 Å². The number of ether oxygens (including phenoxy) is 1. The van der Waals surface area contributed by atoms with Gasteiger partial charge in [0.2, 0.25) is 0 Å². The Morgan fingerprint density at radius 2 is 1.69 bits per heavy atom. The van der Waals surface area contributed by atoms with Crippen molar-refractivity contribution in [1.82, 2.24) is 5.32 Å². The average molecular weight is 229 g/mol. The third-order valence-electron chi connectivity index (χ3n) is 2.66. The van der Waals surface area contributed by atoms with Crippen LogP contribution in [0, 0.1) is 5.92 Å². The maximum absolute atomic E-state index is 5.57. The summed E-state index contributed by atoms with van der Waals surface area (Å²) in [5, 5.41) is 3.43. The van der Waals surface area contributed by atoms with Crippen molar-refractivity contribution in [3.8, 4) is 0 Å². The summed E-state index contributed by atoms with van der Waals surface area (Å²) in [4.78, 5) is 0. The summed E-state index contributed by atoms with van der Waals surface area (Å²) in [5.74, 6) is 0.768. The van der Waals surface area contributed by atoms with Crippen LogP contribution in [0.15, 0.2) is 0 Å². The summed E-state index contributed by atoms with van der Waals surface area (Å²) >= 11 is 0. The molecule has 0 aromatic heterocycles. The second-order valence-electron chi connectivity index (χ2n) is 4.96. The average Bonchev–Trinajstić information content (AvgIpc) is 2.25. The van der Waals surface area contributed by atoms with Gasteiger partial charge in [-0.1, -0.05) is 33.6 Å². The lowest BCUT2D eigenvalue weighted by atomic mass is 10.1. The zero-order valence-corrected chi connectivity index (χ0v) is 11.6. The highest BCUT2D eigenvalue weighted by Gasteiger charge is 1.94. The summed E-state index contributed by atoms with van der Waals surface area (Å²) in [7, 11) is 0. The summed E-state index contributed by atoms with van der Waals surface area (Å²) in [6.45, 7) is 10.9. The Morgan fingerprint density at radius 1 is 0.938 bits per heavy atom. The molecule has 0 unspecified atom stereocenters. The molecule has 0 heterocycles. The standard InChI is InChI=1S/C14H31NO/c1-4-10-15-11-7-5-6-8-12-16-13-9-14(2)3/h14-15H,4-13H2,1-3H3. The maximum atomic E-state index is 5.57. The maximum Gasteiger partial charge on any atom is 0.0468 e. The molecule has 0 saturated heterocycles. The van der Waals surface area contributed by atoms with Gasteiger partial charge in [-0.2, -0.15) is 0 Å². The minimum Gasteiger partial charge on any atom is -0.381 e. The first kappa shape index (κ1) is 15.9. The highest BCUT2D eigenvalue weighted by molar-refractivity contribution is 4.48. The van der Waals surface area contributed by atoms with Gasteiger partial charge in [0.05, 0.1) is 0 Å². The minimum atomic E-state index is 0.768. The monoisotopic (exact) mass is 229 g/mol. The van der Waals surface area contributed by atoms with E-state index >= 15 is 0 Å². The summed E-state index contributed by atoms with van der Waals surface area (Å²) in [5.41, 5.74) is 0. The Labute approximate surface area is 102 Å². The van der Waals surface area contributed by atoms with Gasteiger partial charge in [0, 0.05) is 13.2 Å². The molecule has 98 valence electrons. The van der Waals surface area contributed by atoms with Crippen LogP contribution >= 0.6 is 0 Å². The quantitative estimate of drug-likeness (QED) is 0.516. The van der Waals surface area contributed by atoms with Gasteiger partial charge in [0.1, 0.15) is 0 Å². The molecule has 2 nitrogen and oxygen atoms in total. The highest BCUT2D eigenvalue weighted by atomic mass is 16.5. The number of hydrogen-bond donors (Lipinski definition) is 1. The fourth-order valence-corrected chi connectivity index (χ4v) is 1.53. The molecular weight excluding hydrogens is 198 g/mol. The molecule has 16 heavy (non-hydrogen) atoms. The molecule has 0 aromatic rings. The molecule has 2 heteroatoms. The largest absolute Gasteiger partial charge is 0.381 e. The molecule has 0 atom stereocenters. The predicted octanol–water partition coefficient (Wildman–Crippen LogP) is 3.61. The van der Waals surface area contributed by atoms with Gasteiger partial charge in [0.15, 0.2) is 0 Å². The number of rotatable bonds is 12. The lowest BCUT2D eigenvalue weighted by Gasteiger charge is -2.06. The van der Waals surface area contributed by atoms with Crippen molar-refractivity contribution >= 4 is 0 Å². The molecular formula is C14H31NO. The Bertz CT molecular complexity index is 126. The summed E-state index contributed by atoms with van der Waals surface area (Å²) in [6, 6.07) is 0.